The molecule has 0 aliphatic carbocycles. The van der Waals surface area contributed by atoms with Gasteiger partial charge in [0.25, 0.3) is 0 Å². The fourth-order valence-electron chi connectivity index (χ4n) is 0. The highest BCUT2D eigenvalue weighted by molar-refractivity contribution is 7.85. The molecule has 0 aliphatic heterocycles. The summed E-state index contributed by atoms with van der Waals surface area (Å²) in [4.78, 5) is 0. The van der Waals surface area contributed by atoms with Gasteiger partial charge in [0.05, 0.1) is 0 Å². The molecule has 0 saturated carbocycles. The van der Waals surface area contributed by atoms with E-state index in [1.807, 2.05) is 0 Å². The van der Waals surface area contributed by atoms with Gasteiger partial charge in [-0.25, -0.2) is 0 Å². The van der Waals surface area contributed by atoms with E-state index in [1.54, 1.807) is 0 Å². The minimum Gasteiger partial charge on any atom is -0.333 e. The van der Waals surface area contributed by atoms with E-state index >= 15 is 0 Å². The van der Waals surface area contributed by atoms with Gasteiger partial charge in [0.2, 0.25) is 0 Å². The van der Waals surface area contributed by atoms with Gasteiger partial charge in [0, 0.05) is 0 Å². The van der Waals surface area contributed by atoms with Gasteiger partial charge in [0.1, 0.15) is 5.75 Å². The van der Waals surface area contributed by atoms with Gasteiger partial charge >= 0.3 is 10.1 Å². The molecule has 0 amide bonds. The van der Waals surface area contributed by atoms with Crippen LogP contribution in [0.3, 0.4) is 0 Å². The van der Waals surface area contributed by atoms with Crippen LogP contribution in [0.15, 0.2) is 0 Å². The predicted molar refractivity (Wildman–Crippen MR) is 23.1 cm³/mol. The molecule has 0 fully saturated rings. The van der Waals surface area contributed by atoms with Crippen molar-refractivity contribution in [3.05, 3.63) is 0 Å². The molecule has 38 valence electrons. The van der Waals surface area contributed by atoms with Crippen LogP contribution in [0.25, 0.3) is 0 Å². The Labute approximate surface area is 36.7 Å². The van der Waals surface area contributed by atoms with Crippen LogP contribution >= 0.6 is 0 Å². The second kappa shape index (κ2) is 1.57. The standard InChI is InChI=1S/C2H6O3S/c1-2-6(3,4)5/h2H2,1H3,(H,3,4,5)/p+1. The van der Waals surface area contributed by atoms with Crippen LogP contribution in [0.1, 0.15) is 6.92 Å². The molecule has 0 aromatic heterocycles. The van der Waals surface area contributed by atoms with E-state index in [-0.39, 0.29) is 5.75 Å². The molecule has 0 heterocycles. The lowest BCUT2D eigenvalue weighted by atomic mass is 11.0. The Morgan fingerprint density at radius 2 is 1.83 bits per heavy atom. The molecule has 0 aliphatic rings. The van der Waals surface area contributed by atoms with E-state index in [4.69, 9.17) is 4.55 Å². The Kier molecular flexibility index (Phi) is 1.55. The van der Waals surface area contributed by atoms with Crippen LogP contribution in [-0.4, -0.2) is 18.7 Å². The van der Waals surface area contributed by atoms with Crippen molar-refractivity contribution in [3.8, 4) is 0 Å². The molecule has 0 aromatic carbocycles. The van der Waals surface area contributed by atoms with Gasteiger partial charge in [-0.2, -0.15) is 8.42 Å². The Balaban J connectivity index is 3.85. The molecule has 2 N–H and O–H groups in total. The Bertz CT molecular complexity index is 111. The summed E-state index contributed by atoms with van der Waals surface area (Å²) in [6.07, 6.45) is 0. The molecule has 0 unspecified atom stereocenters. The second-order valence-electron chi connectivity index (χ2n) is 0.903. The molecule has 0 spiro atoms. The van der Waals surface area contributed by atoms with Crippen LogP contribution in [0.4, 0.5) is 0 Å². The van der Waals surface area contributed by atoms with Crippen LogP contribution in [0.2, 0.25) is 0 Å². The van der Waals surface area contributed by atoms with E-state index in [0.717, 1.165) is 0 Å². The zero-order chi connectivity index (χ0) is 5.21. The lowest BCUT2D eigenvalue weighted by Crippen LogP contribution is -1.97. The maximum atomic E-state index is 9.67. The Hall–Kier alpha value is -0.0900. The highest BCUT2D eigenvalue weighted by atomic mass is 32.2. The normalized spacial score (nSPS) is 11.7. The zero-order valence-electron chi connectivity index (χ0n) is 3.43. The molecule has 0 saturated heterocycles. The summed E-state index contributed by atoms with van der Waals surface area (Å²) in [7, 11) is -3.41. The third-order valence-electron chi connectivity index (χ3n) is 0.380. The van der Waals surface area contributed by atoms with E-state index in [1.165, 1.54) is 6.92 Å². The topological polar surface area (TPSA) is 57.0 Å². The predicted octanol–water partition coefficient (Wildman–Crippen LogP) is -0.939. The summed E-state index contributed by atoms with van der Waals surface area (Å²) in [5.41, 5.74) is 0. The third-order valence-corrected chi connectivity index (χ3v) is 1.14. The Morgan fingerprint density at radius 3 is 1.83 bits per heavy atom. The first-order valence-electron chi connectivity index (χ1n) is 1.53. The van der Waals surface area contributed by atoms with Gasteiger partial charge in [0.15, 0.2) is 0 Å². The summed E-state index contributed by atoms with van der Waals surface area (Å²) in [6.45, 7) is 1.43. The smallest absolute Gasteiger partial charge is 0.333 e. The number of hydrogen-bond donors (Lipinski definition) is 0. The van der Waals surface area contributed by atoms with E-state index in [2.05, 4.69) is 0 Å². The maximum absolute atomic E-state index is 9.67. The molecule has 0 rings (SSSR count). The highest BCUT2D eigenvalue weighted by Gasteiger charge is 2.00. The van der Waals surface area contributed by atoms with Gasteiger partial charge < -0.3 is 4.55 Å². The van der Waals surface area contributed by atoms with Crippen LogP contribution in [0, 0.1) is 0 Å². The summed E-state index contributed by atoms with van der Waals surface area (Å²) >= 11 is 0. The lowest BCUT2D eigenvalue weighted by molar-refractivity contribution is 0.484. The monoisotopic (exact) mass is 111 g/mol. The number of hydrogen-bond acceptors (Lipinski definition) is 2. The van der Waals surface area contributed by atoms with Gasteiger partial charge in [-0.1, -0.05) is 0 Å². The molecule has 0 atom stereocenters. The van der Waals surface area contributed by atoms with Crippen molar-refractivity contribution in [2.24, 2.45) is 0 Å². The minimum absolute atomic E-state index is 0.0903. The molecule has 6 heavy (non-hydrogen) atoms. The van der Waals surface area contributed by atoms with Gasteiger partial charge in [-0.15, -0.1) is 0 Å². The third kappa shape index (κ3) is 3.91. The van der Waals surface area contributed by atoms with Crippen molar-refractivity contribution in [2.75, 3.05) is 5.75 Å². The first-order valence-corrected chi connectivity index (χ1v) is 3.19. The van der Waals surface area contributed by atoms with E-state index in [0.29, 0.717) is 0 Å². The molecule has 0 radical (unpaired) electrons. The van der Waals surface area contributed by atoms with Crippen LogP contribution < -0.4 is 0 Å². The van der Waals surface area contributed by atoms with Gasteiger partial charge in [-0.3, -0.25) is 0 Å². The molecule has 0 aromatic rings. The minimum atomic E-state index is -3.41. The van der Waals surface area contributed by atoms with Crippen molar-refractivity contribution < 1.29 is 13.0 Å². The van der Waals surface area contributed by atoms with E-state index in [9.17, 15) is 8.42 Å². The highest BCUT2D eigenvalue weighted by Crippen LogP contribution is 1.74. The zero-order valence-corrected chi connectivity index (χ0v) is 4.25. The number of rotatable bonds is 1. The first kappa shape index (κ1) is 5.91. The van der Waals surface area contributed by atoms with E-state index < -0.39 is 10.1 Å². The molecular formula is C2H7O3S+. The summed E-state index contributed by atoms with van der Waals surface area (Å²) in [5, 5.41) is 0. The van der Waals surface area contributed by atoms with Crippen molar-refractivity contribution in [1.82, 2.24) is 0 Å². The van der Waals surface area contributed by atoms with Gasteiger partial charge in [-0.05, 0) is 6.92 Å². The quantitative estimate of drug-likeness (QED) is 0.410. The summed E-state index contributed by atoms with van der Waals surface area (Å²) in [6, 6.07) is 0. The molecular weight excluding hydrogens is 104 g/mol. The second-order valence-corrected chi connectivity index (χ2v) is 2.71. The lowest BCUT2D eigenvalue weighted by Gasteiger charge is -1.74. The van der Waals surface area contributed by atoms with Crippen molar-refractivity contribution in [1.29, 1.82) is 0 Å². The summed E-state index contributed by atoms with van der Waals surface area (Å²) < 4.78 is 25.5. The van der Waals surface area contributed by atoms with Crippen molar-refractivity contribution >= 4 is 10.1 Å². The summed E-state index contributed by atoms with van der Waals surface area (Å²) in [5.74, 6) is -0.0903. The Morgan fingerprint density at radius 1 is 1.67 bits per heavy atom. The molecule has 4 heteroatoms. The molecule has 3 nitrogen and oxygen atoms in total. The molecule has 0 bridgehead atoms. The van der Waals surface area contributed by atoms with Crippen molar-refractivity contribution in [3.63, 3.8) is 0 Å². The maximum Gasteiger partial charge on any atom is 0.377 e. The fraction of sp³-hybridized carbons (Fsp3) is 1.00. The average Bonchev–Trinajstić information content (AvgIpc) is 1.35. The van der Waals surface area contributed by atoms with Crippen molar-refractivity contribution in [2.45, 2.75) is 6.92 Å². The fourth-order valence-corrected chi connectivity index (χ4v) is 0. The van der Waals surface area contributed by atoms with Crippen LogP contribution in [-0.2, 0) is 10.1 Å². The largest absolute Gasteiger partial charge is 0.377 e. The first-order chi connectivity index (χ1) is 2.56. The SMILES string of the molecule is CCS(=O)(=O)[OH2+]. The van der Waals surface area contributed by atoms with Crippen LogP contribution in [0.5, 0.6) is 0 Å². The average molecular weight is 111 g/mol.